The van der Waals surface area contributed by atoms with Gasteiger partial charge in [-0.2, -0.15) is 0 Å². The quantitative estimate of drug-likeness (QED) is 0.860. The zero-order chi connectivity index (χ0) is 15.2. The lowest BCUT2D eigenvalue weighted by Crippen LogP contribution is -2.22. The minimum Gasteiger partial charge on any atom is -0.463 e. The molecule has 0 radical (unpaired) electrons. The third kappa shape index (κ3) is 4.91. The maximum atomic E-state index is 11.7. The number of amides is 1. The van der Waals surface area contributed by atoms with Crippen molar-refractivity contribution in [3.63, 3.8) is 0 Å². The van der Waals surface area contributed by atoms with Crippen molar-refractivity contribution in [2.24, 2.45) is 0 Å². The Kier molecular flexibility index (Phi) is 5.55. The summed E-state index contributed by atoms with van der Waals surface area (Å²) in [5.41, 5.74) is 1.56. The Morgan fingerprint density at radius 2 is 1.80 bits per heavy atom. The smallest absolute Gasteiger partial charge is 0.412 e. The van der Waals surface area contributed by atoms with E-state index >= 15 is 0 Å². The summed E-state index contributed by atoms with van der Waals surface area (Å²) < 4.78 is 9.48. The van der Waals surface area contributed by atoms with Gasteiger partial charge < -0.3 is 9.47 Å². The fraction of sp³-hybridized carbons (Fsp3) is 0.467. The van der Waals surface area contributed by atoms with E-state index in [1.54, 1.807) is 13.0 Å². The number of hydrogen-bond acceptors (Lipinski definition) is 4. The molecule has 1 N–H and O–H groups in total. The van der Waals surface area contributed by atoms with Gasteiger partial charge in [0.05, 0.1) is 6.61 Å². The van der Waals surface area contributed by atoms with Crippen LogP contribution < -0.4 is 5.32 Å². The highest BCUT2D eigenvalue weighted by Gasteiger charge is 2.19. The maximum absolute atomic E-state index is 11.7. The van der Waals surface area contributed by atoms with E-state index in [1.807, 2.05) is 18.2 Å². The summed E-state index contributed by atoms with van der Waals surface area (Å²) in [6.45, 7) is 7.72. The number of anilines is 1. The van der Waals surface area contributed by atoms with Gasteiger partial charge in [0.1, 0.15) is 0 Å². The second-order valence-electron chi connectivity index (χ2n) is 5.30. The highest BCUT2D eigenvalue weighted by molar-refractivity contribution is 5.87. The van der Waals surface area contributed by atoms with Crippen LogP contribution in [0.1, 0.15) is 33.3 Å². The number of rotatable bonds is 4. The second-order valence-corrected chi connectivity index (χ2v) is 5.30. The first-order valence-electron chi connectivity index (χ1n) is 6.53. The van der Waals surface area contributed by atoms with Crippen LogP contribution >= 0.6 is 0 Å². The largest absolute Gasteiger partial charge is 0.463 e. The number of carbonyl (C=O) groups is 2. The number of esters is 1. The van der Waals surface area contributed by atoms with Crippen molar-refractivity contribution in [1.29, 1.82) is 0 Å². The molecule has 0 unspecified atom stereocenters. The van der Waals surface area contributed by atoms with Gasteiger partial charge in [-0.3, -0.25) is 5.32 Å². The molecule has 1 aromatic rings. The minimum atomic E-state index is -0.672. The molecule has 0 spiro atoms. The lowest BCUT2D eigenvalue weighted by molar-refractivity contribution is -0.146. The molecule has 0 heterocycles. The molecule has 0 saturated heterocycles. The Morgan fingerprint density at radius 3 is 2.40 bits per heavy atom. The summed E-state index contributed by atoms with van der Waals surface area (Å²) in [4.78, 5) is 22.8. The van der Waals surface area contributed by atoms with Crippen LogP contribution in [-0.4, -0.2) is 25.3 Å². The molecule has 0 fully saturated rings. The summed E-state index contributed by atoms with van der Waals surface area (Å²) >= 11 is 0. The molecule has 0 aliphatic carbocycles. The van der Waals surface area contributed by atoms with E-state index in [0.29, 0.717) is 5.69 Å². The Hall–Kier alpha value is -2.04. The molecular weight excluding hydrogens is 258 g/mol. The number of carbonyl (C=O) groups excluding carboxylic acids is 2. The summed E-state index contributed by atoms with van der Waals surface area (Å²) in [5.74, 6) is -0.563. The Bertz CT molecular complexity index is 477. The fourth-order valence-electron chi connectivity index (χ4n) is 1.72. The van der Waals surface area contributed by atoms with Crippen molar-refractivity contribution in [3.05, 3.63) is 29.8 Å². The molecule has 110 valence electrons. The predicted octanol–water partition coefficient (Wildman–Crippen LogP) is 3.10. The van der Waals surface area contributed by atoms with Gasteiger partial charge in [0.15, 0.2) is 6.61 Å². The Morgan fingerprint density at radius 1 is 1.15 bits per heavy atom. The summed E-state index contributed by atoms with van der Waals surface area (Å²) in [5, 5.41) is 2.65. The normalized spacial score (nSPS) is 10.8. The Balaban J connectivity index is 2.65. The molecule has 0 saturated carbocycles. The van der Waals surface area contributed by atoms with Crippen LogP contribution in [0.3, 0.4) is 0 Å². The molecule has 5 heteroatoms. The first kappa shape index (κ1) is 16.0. The van der Waals surface area contributed by atoms with Crippen LogP contribution in [0.15, 0.2) is 24.3 Å². The van der Waals surface area contributed by atoms with Crippen molar-refractivity contribution in [2.45, 2.75) is 33.1 Å². The molecule has 0 bridgehead atoms. The predicted molar refractivity (Wildman–Crippen MR) is 76.7 cm³/mol. The van der Waals surface area contributed by atoms with Gasteiger partial charge in [-0.15, -0.1) is 0 Å². The van der Waals surface area contributed by atoms with Crippen LogP contribution in [0.2, 0.25) is 0 Å². The molecule has 1 aromatic carbocycles. The van der Waals surface area contributed by atoms with E-state index in [1.165, 1.54) is 0 Å². The Labute approximate surface area is 119 Å². The van der Waals surface area contributed by atoms with E-state index in [0.717, 1.165) is 5.56 Å². The van der Waals surface area contributed by atoms with Crippen molar-refractivity contribution in [2.75, 3.05) is 18.5 Å². The second kappa shape index (κ2) is 6.93. The highest BCUT2D eigenvalue weighted by Crippen LogP contribution is 2.29. The highest BCUT2D eigenvalue weighted by atomic mass is 16.6. The van der Waals surface area contributed by atoms with E-state index in [4.69, 9.17) is 4.74 Å². The molecule has 1 rings (SSSR count). The van der Waals surface area contributed by atoms with Gasteiger partial charge in [-0.25, -0.2) is 9.59 Å². The van der Waals surface area contributed by atoms with Crippen LogP contribution in [0.4, 0.5) is 10.5 Å². The van der Waals surface area contributed by atoms with Gasteiger partial charge >= 0.3 is 12.1 Å². The first-order valence-corrected chi connectivity index (χ1v) is 6.53. The van der Waals surface area contributed by atoms with Crippen LogP contribution in [0.5, 0.6) is 0 Å². The average molecular weight is 279 g/mol. The lowest BCUT2D eigenvalue weighted by Gasteiger charge is -2.22. The molecule has 0 aliphatic rings. The number of benzene rings is 1. The van der Waals surface area contributed by atoms with Crippen molar-refractivity contribution in [1.82, 2.24) is 0 Å². The standard InChI is InChI=1S/C15H21NO4/c1-5-19-13(17)10-20-14(18)16-12-9-7-6-8-11(12)15(2,3)4/h6-9H,5,10H2,1-4H3,(H,16,18). The van der Waals surface area contributed by atoms with Crippen molar-refractivity contribution < 1.29 is 19.1 Å². The molecule has 0 atom stereocenters. The minimum absolute atomic E-state index is 0.106. The van der Waals surface area contributed by atoms with Gasteiger partial charge in [-0.1, -0.05) is 39.0 Å². The first-order chi connectivity index (χ1) is 9.34. The summed E-state index contributed by atoms with van der Waals surface area (Å²) in [6.07, 6.45) is -0.672. The number of hydrogen-bond donors (Lipinski definition) is 1. The molecule has 0 aliphatic heterocycles. The molecular formula is C15H21NO4. The monoisotopic (exact) mass is 279 g/mol. The number of nitrogens with one attached hydrogen (secondary N) is 1. The van der Waals surface area contributed by atoms with E-state index in [-0.39, 0.29) is 12.0 Å². The van der Waals surface area contributed by atoms with Gasteiger partial charge in [0.25, 0.3) is 0 Å². The van der Waals surface area contributed by atoms with Crippen LogP contribution in [0.25, 0.3) is 0 Å². The summed E-state index contributed by atoms with van der Waals surface area (Å²) in [6, 6.07) is 7.49. The van der Waals surface area contributed by atoms with Crippen LogP contribution in [-0.2, 0) is 19.7 Å². The topological polar surface area (TPSA) is 64.6 Å². The van der Waals surface area contributed by atoms with Crippen LogP contribution in [0, 0.1) is 0 Å². The molecule has 20 heavy (non-hydrogen) atoms. The third-order valence-electron chi connectivity index (χ3n) is 2.60. The zero-order valence-electron chi connectivity index (χ0n) is 12.4. The van der Waals surface area contributed by atoms with E-state index in [9.17, 15) is 9.59 Å². The number of ether oxygens (including phenoxy) is 2. The molecule has 0 aromatic heterocycles. The lowest BCUT2D eigenvalue weighted by atomic mass is 9.86. The summed E-state index contributed by atoms with van der Waals surface area (Å²) in [7, 11) is 0. The molecule has 5 nitrogen and oxygen atoms in total. The van der Waals surface area contributed by atoms with Crippen molar-refractivity contribution in [3.8, 4) is 0 Å². The van der Waals surface area contributed by atoms with Gasteiger partial charge in [0, 0.05) is 5.69 Å². The third-order valence-corrected chi connectivity index (χ3v) is 2.60. The van der Waals surface area contributed by atoms with Gasteiger partial charge in [0.2, 0.25) is 0 Å². The molecule has 1 amide bonds. The zero-order valence-corrected chi connectivity index (χ0v) is 12.4. The van der Waals surface area contributed by atoms with Gasteiger partial charge in [-0.05, 0) is 24.0 Å². The van der Waals surface area contributed by atoms with Crippen molar-refractivity contribution >= 4 is 17.7 Å². The number of para-hydroxylation sites is 1. The maximum Gasteiger partial charge on any atom is 0.412 e. The van der Waals surface area contributed by atoms with E-state index < -0.39 is 18.7 Å². The average Bonchev–Trinajstić information content (AvgIpc) is 2.36. The van der Waals surface area contributed by atoms with E-state index in [2.05, 4.69) is 30.8 Å². The fourth-order valence-corrected chi connectivity index (χ4v) is 1.72. The SMILES string of the molecule is CCOC(=O)COC(=O)Nc1ccccc1C(C)(C)C.